The summed E-state index contributed by atoms with van der Waals surface area (Å²) in [6.07, 6.45) is -0.968. The fourth-order valence-electron chi connectivity index (χ4n) is 1.59. The highest BCUT2D eigenvalue weighted by molar-refractivity contribution is 5.27. The maximum atomic E-state index is 9.76. The Morgan fingerprint density at radius 3 is 2.58 bits per heavy atom. The minimum absolute atomic E-state index is 0.216. The Balaban J connectivity index is 2.19. The van der Waals surface area contributed by atoms with Gasteiger partial charge in [-0.25, -0.2) is 0 Å². The first-order chi connectivity index (χ1) is 8.99. The van der Waals surface area contributed by atoms with E-state index in [0.29, 0.717) is 13.1 Å². The lowest BCUT2D eigenvalue weighted by Gasteiger charge is -2.17. The Kier molecular flexibility index (Phi) is 6.84. The van der Waals surface area contributed by atoms with Crippen molar-refractivity contribution in [3.05, 3.63) is 29.8 Å². The summed E-state index contributed by atoms with van der Waals surface area (Å²) in [5.74, 6) is 0.981. The topological polar surface area (TPSA) is 61.7 Å². The van der Waals surface area contributed by atoms with Crippen LogP contribution in [0.4, 0.5) is 0 Å². The summed E-state index contributed by atoms with van der Waals surface area (Å²) in [4.78, 5) is 0. The third-order valence-corrected chi connectivity index (χ3v) is 2.93. The van der Waals surface area contributed by atoms with Crippen LogP contribution in [0.2, 0.25) is 0 Å². The number of ether oxygens (including phenoxy) is 1. The lowest BCUT2D eigenvalue weighted by atomic mass is 10.1. The first-order valence-electron chi connectivity index (χ1n) is 6.75. The van der Waals surface area contributed by atoms with Crippen molar-refractivity contribution >= 4 is 0 Å². The first-order valence-corrected chi connectivity index (χ1v) is 6.75. The molecule has 1 aromatic rings. The highest BCUT2D eigenvalue weighted by Crippen LogP contribution is 2.12. The van der Waals surface area contributed by atoms with E-state index in [2.05, 4.69) is 5.32 Å². The van der Waals surface area contributed by atoms with Gasteiger partial charge in [-0.1, -0.05) is 26.0 Å². The lowest BCUT2D eigenvalue weighted by molar-refractivity contribution is 0.0908. The second-order valence-electron chi connectivity index (χ2n) is 5.25. The summed E-state index contributed by atoms with van der Waals surface area (Å²) >= 11 is 0. The molecule has 0 saturated heterocycles. The predicted molar refractivity (Wildman–Crippen MR) is 76.4 cm³/mol. The minimum Gasteiger partial charge on any atom is -0.491 e. The smallest absolute Gasteiger partial charge is 0.119 e. The first kappa shape index (κ1) is 16.0. The molecule has 0 aliphatic carbocycles. The third kappa shape index (κ3) is 6.57. The van der Waals surface area contributed by atoms with Gasteiger partial charge in [-0.2, -0.15) is 0 Å². The average Bonchev–Trinajstić information content (AvgIpc) is 2.36. The van der Waals surface area contributed by atoms with Crippen molar-refractivity contribution in [3.8, 4) is 5.75 Å². The zero-order chi connectivity index (χ0) is 14.3. The lowest BCUT2D eigenvalue weighted by Crippen LogP contribution is -2.37. The molecule has 4 heteroatoms. The molecular weight excluding hydrogens is 242 g/mol. The quantitative estimate of drug-likeness (QED) is 0.665. The monoisotopic (exact) mass is 267 g/mol. The molecule has 0 saturated carbocycles. The van der Waals surface area contributed by atoms with Crippen LogP contribution < -0.4 is 10.1 Å². The van der Waals surface area contributed by atoms with E-state index in [1.54, 1.807) is 0 Å². The van der Waals surface area contributed by atoms with E-state index in [4.69, 9.17) is 4.74 Å². The Labute approximate surface area is 115 Å². The van der Waals surface area contributed by atoms with Gasteiger partial charge in [0, 0.05) is 13.1 Å². The molecule has 2 unspecified atom stereocenters. The molecule has 0 fully saturated rings. The molecule has 0 aromatic heterocycles. The van der Waals surface area contributed by atoms with Gasteiger partial charge >= 0.3 is 0 Å². The summed E-state index contributed by atoms with van der Waals surface area (Å²) in [7, 11) is 0. The molecule has 19 heavy (non-hydrogen) atoms. The molecule has 0 radical (unpaired) electrons. The van der Waals surface area contributed by atoms with Gasteiger partial charge in [0.15, 0.2) is 0 Å². The predicted octanol–water partition coefficient (Wildman–Crippen LogP) is 1.34. The number of aliphatic hydroxyl groups is 2. The van der Waals surface area contributed by atoms with Crippen LogP contribution in [0.25, 0.3) is 0 Å². The van der Waals surface area contributed by atoms with Crippen LogP contribution in [0.5, 0.6) is 5.75 Å². The highest BCUT2D eigenvalue weighted by atomic mass is 16.5. The maximum Gasteiger partial charge on any atom is 0.119 e. The number of rotatable bonds is 8. The molecule has 0 heterocycles. The van der Waals surface area contributed by atoms with Gasteiger partial charge in [-0.3, -0.25) is 0 Å². The minimum atomic E-state index is -0.583. The fourth-order valence-corrected chi connectivity index (χ4v) is 1.59. The van der Waals surface area contributed by atoms with Crippen molar-refractivity contribution in [2.75, 3.05) is 19.7 Å². The SMILES string of the molecule is Cc1cccc(OCC(O)CNCC(O)C(C)C)c1. The number of aryl methyl sites for hydroxylation is 1. The average molecular weight is 267 g/mol. The Morgan fingerprint density at radius 1 is 1.21 bits per heavy atom. The van der Waals surface area contributed by atoms with Crippen LogP contribution in [0.1, 0.15) is 19.4 Å². The molecule has 0 aliphatic rings. The van der Waals surface area contributed by atoms with Crippen molar-refractivity contribution in [3.63, 3.8) is 0 Å². The molecule has 0 bridgehead atoms. The van der Waals surface area contributed by atoms with E-state index in [9.17, 15) is 10.2 Å². The molecule has 2 atom stereocenters. The van der Waals surface area contributed by atoms with Crippen LogP contribution >= 0.6 is 0 Å². The van der Waals surface area contributed by atoms with Crippen molar-refractivity contribution < 1.29 is 14.9 Å². The second-order valence-corrected chi connectivity index (χ2v) is 5.25. The van der Waals surface area contributed by atoms with E-state index in [-0.39, 0.29) is 18.6 Å². The summed E-state index contributed by atoms with van der Waals surface area (Å²) in [6, 6.07) is 7.73. The van der Waals surface area contributed by atoms with Gasteiger partial charge < -0.3 is 20.3 Å². The number of hydrogen-bond acceptors (Lipinski definition) is 4. The van der Waals surface area contributed by atoms with Crippen molar-refractivity contribution in [1.82, 2.24) is 5.32 Å². The van der Waals surface area contributed by atoms with Gasteiger partial charge in [-0.05, 0) is 30.5 Å². The standard InChI is InChI=1S/C15H25NO3/c1-11(2)15(18)9-16-8-13(17)10-19-14-6-4-5-12(3)7-14/h4-7,11,13,15-18H,8-10H2,1-3H3. The van der Waals surface area contributed by atoms with Gasteiger partial charge in [0.2, 0.25) is 0 Å². The van der Waals surface area contributed by atoms with Crippen molar-refractivity contribution in [2.24, 2.45) is 5.92 Å². The van der Waals surface area contributed by atoms with E-state index < -0.39 is 6.10 Å². The maximum absolute atomic E-state index is 9.76. The Hall–Kier alpha value is -1.10. The summed E-state index contributed by atoms with van der Waals surface area (Å²) in [6.45, 7) is 7.06. The van der Waals surface area contributed by atoms with E-state index in [0.717, 1.165) is 11.3 Å². The van der Waals surface area contributed by atoms with E-state index in [1.807, 2.05) is 45.0 Å². The van der Waals surface area contributed by atoms with Crippen LogP contribution in [0.3, 0.4) is 0 Å². The number of hydrogen-bond donors (Lipinski definition) is 3. The highest BCUT2D eigenvalue weighted by Gasteiger charge is 2.10. The number of aliphatic hydroxyl groups excluding tert-OH is 2. The summed E-state index contributed by atoms with van der Waals surface area (Å²) in [5.41, 5.74) is 1.13. The van der Waals surface area contributed by atoms with Crippen LogP contribution in [-0.4, -0.2) is 42.1 Å². The molecular formula is C15H25NO3. The van der Waals surface area contributed by atoms with Crippen LogP contribution in [-0.2, 0) is 0 Å². The summed E-state index contributed by atoms with van der Waals surface area (Å²) < 4.78 is 5.50. The molecule has 1 aromatic carbocycles. The molecule has 3 N–H and O–H groups in total. The Morgan fingerprint density at radius 2 is 1.95 bits per heavy atom. The molecule has 1 rings (SSSR count). The van der Waals surface area contributed by atoms with Crippen LogP contribution in [0, 0.1) is 12.8 Å². The zero-order valence-electron chi connectivity index (χ0n) is 12.0. The molecule has 4 nitrogen and oxygen atoms in total. The van der Waals surface area contributed by atoms with E-state index >= 15 is 0 Å². The molecule has 0 spiro atoms. The van der Waals surface area contributed by atoms with Gasteiger partial charge in [0.1, 0.15) is 18.5 Å². The molecule has 0 aliphatic heterocycles. The fraction of sp³-hybridized carbons (Fsp3) is 0.600. The van der Waals surface area contributed by atoms with E-state index in [1.165, 1.54) is 0 Å². The third-order valence-electron chi connectivity index (χ3n) is 2.93. The van der Waals surface area contributed by atoms with Crippen molar-refractivity contribution in [2.45, 2.75) is 33.0 Å². The Bertz CT molecular complexity index is 368. The normalized spacial score (nSPS) is 14.4. The largest absolute Gasteiger partial charge is 0.491 e. The van der Waals surface area contributed by atoms with Gasteiger partial charge in [0.05, 0.1) is 6.10 Å². The van der Waals surface area contributed by atoms with Gasteiger partial charge in [-0.15, -0.1) is 0 Å². The second kappa shape index (κ2) is 8.15. The molecule has 0 amide bonds. The molecule has 108 valence electrons. The summed E-state index contributed by atoms with van der Waals surface area (Å²) in [5, 5.41) is 22.4. The van der Waals surface area contributed by atoms with Gasteiger partial charge in [0.25, 0.3) is 0 Å². The van der Waals surface area contributed by atoms with Crippen LogP contribution in [0.15, 0.2) is 24.3 Å². The van der Waals surface area contributed by atoms with Crippen molar-refractivity contribution in [1.29, 1.82) is 0 Å². The zero-order valence-corrected chi connectivity index (χ0v) is 12.0. The number of benzene rings is 1. The number of nitrogens with one attached hydrogen (secondary N) is 1.